The zero-order valence-electron chi connectivity index (χ0n) is 18.2. The maximum Gasteiger partial charge on any atom is 0.295 e. The fourth-order valence-electron chi connectivity index (χ4n) is 3.89. The molecule has 6 nitrogen and oxygen atoms in total. The molecular weight excluding hydrogens is 399 g/mol. The summed E-state index contributed by atoms with van der Waals surface area (Å²) in [4.78, 5) is 28.5. The monoisotopic (exact) mass is 427 g/mol. The molecule has 2 N–H and O–H groups in total. The van der Waals surface area contributed by atoms with Crippen LogP contribution in [0.4, 0.5) is 4.39 Å². The number of aryl methyl sites for hydroxylation is 1. The van der Waals surface area contributed by atoms with Crippen molar-refractivity contribution >= 4 is 17.4 Å². The van der Waals surface area contributed by atoms with Crippen LogP contribution >= 0.6 is 0 Å². The van der Waals surface area contributed by atoms with Crippen molar-refractivity contribution < 1.29 is 28.7 Å². The van der Waals surface area contributed by atoms with Crippen LogP contribution in [0.15, 0.2) is 48.0 Å². The number of likely N-dealkylation sites (tertiary alicyclic amines) is 1. The quantitative estimate of drug-likeness (QED) is 0.403. The van der Waals surface area contributed by atoms with Crippen LogP contribution in [0.5, 0.6) is 5.75 Å². The van der Waals surface area contributed by atoms with Gasteiger partial charge in [-0.2, -0.15) is 0 Å². The molecule has 164 valence electrons. The number of Topliss-reactive ketones (excluding diaryl/α,β-unsaturated/α-hetero) is 1. The highest BCUT2D eigenvalue weighted by Crippen LogP contribution is 2.39. The van der Waals surface area contributed by atoms with Crippen molar-refractivity contribution in [2.45, 2.75) is 19.4 Å². The number of benzene rings is 2. The molecule has 0 aromatic heterocycles. The average molecular weight is 427 g/mol. The summed E-state index contributed by atoms with van der Waals surface area (Å²) in [6.45, 7) is 3.00. The van der Waals surface area contributed by atoms with Crippen molar-refractivity contribution in [3.05, 3.63) is 70.5 Å². The van der Waals surface area contributed by atoms with Gasteiger partial charge >= 0.3 is 0 Å². The molecule has 1 aliphatic rings. The van der Waals surface area contributed by atoms with E-state index in [1.54, 1.807) is 37.4 Å². The van der Waals surface area contributed by atoms with E-state index in [1.807, 2.05) is 21.0 Å². The summed E-state index contributed by atoms with van der Waals surface area (Å²) in [7, 11) is 5.58. The summed E-state index contributed by atoms with van der Waals surface area (Å²) < 4.78 is 18.8. The first-order chi connectivity index (χ1) is 14.7. The van der Waals surface area contributed by atoms with Gasteiger partial charge in [0.15, 0.2) is 0 Å². The Hall–Kier alpha value is -3.19. The van der Waals surface area contributed by atoms with E-state index >= 15 is 0 Å². The van der Waals surface area contributed by atoms with Gasteiger partial charge in [-0.05, 0) is 48.4 Å². The van der Waals surface area contributed by atoms with Gasteiger partial charge in [0.1, 0.15) is 17.3 Å². The Morgan fingerprint density at radius 3 is 2.42 bits per heavy atom. The van der Waals surface area contributed by atoms with Crippen LogP contribution in [0, 0.1) is 12.7 Å². The van der Waals surface area contributed by atoms with E-state index < -0.39 is 23.5 Å². The van der Waals surface area contributed by atoms with E-state index in [-0.39, 0.29) is 11.3 Å². The number of methoxy groups -OCH3 is 1. The van der Waals surface area contributed by atoms with Crippen LogP contribution in [0.3, 0.4) is 0 Å². The normalized spacial score (nSPS) is 18.1. The number of quaternary nitrogens is 1. The van der Waals surface area contributed by atoms with E-state index in [0.29, 0.717) is 29.8 Å². The fraction of sp³-hybridized carbons (Fsp3) is 0.333. The number of aliphatic hydroxyl groups excluding tert-OH is 1. The molecule has 0 saturated carbocycles. The molecule has 2 aromatic carbocycles. The van der Waals surface area contributed by atoms with Crippen molar-refractivity contribution in [2.75, 3.05) is 34.3 Å². The Bertz CT molecular complexity index is 1010. The van der Waals surface area contributed by atoms with Crippen molar-refractivity contribution in [3.63, 3.8) is 0 Å². The smallest absolute Gasteiger partial charge is 0.295 e. The molecule has 0 spiro atoms. The van der Waals surface area contributed by atoms with Gasteiger partial charge in [-0.25, -0.2) is 4.39 Å². The third-order valence-corrected chi connectivity index (χ3v) is 5.47. The van der Waals surface area contributed by atoms with Crippen molar-refractivity contribution in [2.24, 2.45) is 0 Å². The Morgan fingerprint density at radius 1 is 1.16 bits per heavy atom. The molecule has 1 amide bonds. The average Bonchev–Trinajstić information content (AvgIpc) is 2.98. The summed E-state index contributed by atoms with van der Waals surface area (Å²) in [5, 5.41) is 11.1. The molecule has 0 bridgehead atoms. The lowest BCUT2D eigenvalue weighted by atomic mass is 9.94. The molecular formula is C24H28FN2O4+. The minimum Gasteiger partial charge on any atom is -0.507 e. The van der Waals surface area contributed by atoms with E-state index in [0.717, 1.165) is 12.1 Å². The van der Waals surface area contributed by atoms with E-state index in [1.165, 1.54) is 21.9 Å². The highest BCUT2D eigenvalue weighted by atomic mass is 19.1. The van der Waals surface area contributed by atoms with Gasteiger partial charge < -0.3 is 19.6 Å². The molecule has 0 radical (unpaired) electrons. The number of nitrogens with zero attached hydrogens (tertiary/aromatic N) is 1. The zero-order valence-corrected chi connectivity index (χ0v) is 18.2. The number of carbonyl (C=O) groups excluding carboxylic acids is 2. The molecule has 1 aliphatic heterocycles. The minimum absolute atomic E-state index is 0.0124. The highest BCUT2D eigenvalue weighted by molar-refractivity contribution is 6.46. The van der Waals surface area contributed by atoms with Crippen molar-refractivity contribution in [1.29, 1.82) is 0 Å². The second-order valence-electron chi connectivity index (χ2n) is 8.04. The van der Waals surface area contributed by atoms with Gasteiger partial charge in [0.25, 0.3) is 11.7 Å². The van der Waals surface area contributed by atoms with E-state index in [4.69, 9.17) is 4.74 Å². The maximum absolute atomic E-state index is 13.5. The lowest BCUT2D eigenvalue weighted by Crippen LogP contribution is -3.05. The summed E-state index contributed by atoms with van der Waals surface area (Å²) >= 11 is 0. The Morgan fingerprint density at radius 2 is 1.84 bits per heavy atom. The summed E-state index contributed by atoms with van der Waals surface area (Å²) in [5.41, 5.74) is 1.79. The number of nitrogens with one attached hydrogen (secondary N) is 1. The maximum atomic E-state index is 13.5. The third-order valence-electron chi connectivity index (χ3n) is 5.47. The molecule has 31 heavy (non-hydrogen) atoms. The number of carbonyl (C=O) groups is 2. The third kappa shape index (κ3) is 4.61. The first-order valence-electron chi connectivity index (χ1n) is 10.2. The van der Waals surface area contributed by atoms with Gasteiger partial charge in [0.05, 0.1) is 39.4 Å². The van der Waals surface area contributed by atoms with Gasteiger partial charge in [-0.1, -0.05) is 12.1 Å². The van der Waals surface area contributed by atoms with Gasteiger partial charge in [0, 0.05) is 18.5 Å². The molecule has 1 heterocycles. The number of rotatable bonds is 7. The predicted octanol–water partition coefficient (Wildman–Crippen LogP) is 2.10. The number of amides is 1. The van der Waals surface area contributed by atoms with Crippen LogP contribution in [-0.2, 0) is 9.59 Å². The topological polar surface area (TPSA) is 71.3 Å². The Balaban J connectivity index is 2.10. The second kappa shape index (κ2) is 9.31. The Labute approximate surface area is 181 Å². The number of ether oxygens (including phenoxy) is 1. The van der Waals surface area contributed by atoms with Crippen LogP contribution in [0.25, 0.3) is 5.76 Å². The van der Waals surface area contributed by atoms with Gasteiger partial charge in [-0.15, -0.1) is 0 Å². The molecule has 2 aromatic rings. The van der Waals surface area contributed by atoms with Gasteiger partial charge in [0.2, 0.25) is 0 Å². The molecule has 1 fully saturated rings. The first-order valence-corrected chi connectivity index (χ1v) is 10.2. The Kier molecular flexibility index (Phi) is 6.75. The minimum atomic E-state index is -0.778. The largest absolute Gasteiger partial charge is 0.507 e. The standard InChI is InChI=1S/C24H27FN2O4/c1-15-14-17(8-11-19(15)31-4)22(28)20-21(16-6-9-18(25)10-7-16)27(24(30)23(20)29)13-5-12-26(2)3/h6-11,14,21,28H,5,12-13H2,1-4H3/p+1. The fourth-order valence-corrected chi connectivity index (χ4v) is 3.89. The van der Waals surface area contributed by atoms with E-state index in [9.17, 15) is 19.1 Å². The number of hydrogen-bond donors (Lipinski definition) is 2. The van der Waals surface area contributed by atoms with Crippen LogP contribution < -0.4 is 9.64 Å². The summed E-state index contributed by atoms with van der Waals surface area (Å²) in [6, 6.07) is 9.94. The van der Waals surface area contributed by atoms with Crippen LogP contribution in [-0.4, -0.2) is 56.0 Å². The number of ketones is 1. The van der Waals surface area contributed by atoms with Crippen LogP contribution in [0.2, 0.25) is 0 Å². The molecule has 1 unspecified atom stereocenters. The van der Waals surface area contributed by atoms with Crippen molar-refractivity contribution in [1.82, 2.24) is 4.90 Å². The second-order valence-corrected chi connectivity index (χ2v) is 8.04. The molecule has 3 rings (SSSR count). The van der Waals surface area contributed by atoms with Crippen molar-refractivity contribution in [3.8, 4) is 5.75 Å². The van der Waals surface area contributed by atoms with Crippen LogP contribution in [0.1, 0.15) is 29.2 Å². The highest BCUT2D eigenvalue weighted by Gasteiger charge is 2.45. The molecule has 7 heteroatoms. The summed E-state index contributed by atoms with van der Waals surface area (Å²) in [5.74, 6) is -1.41. The molecule has 1 atom stereocenters. The van der Waals surface area contributed by atoms with E-state index in [2.05, 4.69) is 0 Å². The summed E-state index contributed by atoms with van der Waals surface area (Å²) in [6.07, 6.45) is 0.689. The molecule has 1 saturated heterocycles. The lowest BCUT2D eigenvalue weighted by molar-refractivity contribution is -0.858. The first kappa shape index (κ1) is 22.5. The predicted molar refractivity (Wildman–Crippen MR) is 115 cm³/mol. The zero-order chi connectivity index (χ0) is 22.7. The number of aliphatic hydroxyl groups is 1. The molecule has 0 aliphatic carbocycles. The lowest BCUT2D eigenvalue weighted by Gasteiger charge is -2.25. The number of hydrogen-bond acceptors (Lipinski definition) is 4. The number of halogens is 1. The SMILES string of the molecule is COc1ccc(C(O)=C2C(=O)C(=O)N(CCC[NH+](C)C)C2c2ccc(F)cc2)cc1C. The van der Waals surface area contributed by atoms with Gasteiger partial charge in [-0.3, -0.25) is 9.59 Å².